The number of carbonyl (C=O) groups is 1. The number of carbonyl (C=O) groups excluding carboxylic acids is 1. The summed E-state index contributed by atoms with van der Waals surface area (Å²) in [6.45, 7) is 5.46. The Morgan fingerprint density at radius 1 is 1.43 bits per heavy atom. The Bertz CT molecular complexity index is 269. The molecule has 4 nitrogen and oxygen atoms in total. The van der Waals surface area contributed by atoms with Crippen molar-refractivity contribution in [2.75, 3.05) is 6.61 Å². The Balaban J connectivity index is 4.42. The van der Waals surface area contributed by atoms with E-state index >= 15 is 0 Å². The molecule has 0 aliphatic heterocycles. The van der Waals surface area contributed by atoms with E-state index < -0.39 is 11.3 Å². The first-order chi connectivity index (χ1) is 6.47. The van der Waals surface area contributed by atoms with Crippen LogP contribution in [-0.2, 0) is 9.53 Å². The van der Waals surface area contributed by atoms with Gasteiger partial charge in [-0.15, -0.1) is 0 Å². The van der Waals surface area contributed by atoms with E-state index in [4.69, 9.17) is 15.3 Å². The largest absolute Gasteiger partial charge is 0.466 e. The van der Waals surface area contributed by atoms with Crippen LogP contribution in [0.5, 0.6) is 0 Å². The van der Waals surface area contributed by atoms with Crippen LogP contribution in [0.1, 0.15) is 27.2 Å². The SMILES string of the molecule is CCOC(=O)CC(C)(C)C(C#N)C#N. The predicted octanol–water partition coefficient (Wildman–Crippen LogP) is 1.63. The molecule has 0 amide bonds. The van der Waals surface area contributed by atoms with Crippen LogP contribution in [-0.4, -0.2) is 12.6 Å². The van der Waals surface area contributed by atoms with Gasteiger partial charge in [0.15, 0.2) is 0 Å². The van der Waals surface area contributed by atoms with Gasteiger partial charge in [0.25, 0.3) is 0 Å². The highest BCUT2D eigenvalue weighted by molar-refractivity contribution is 5.70. The van der Waals surface area contributed by atoms with E-state index in [2.05, 4.69) is 0 Å². The van der Waals surface area contributed by atoms with E-state index in [1.807, 2.05) is 12.1 Å². The molecule has 0 heterocycles. The summed E-state index contributed by atoms with van der Waals surface area (Å²) in [5.74, 6) is -1.15. The topological polar surface area (TPSA) is 73.9 Å². The molecule has 14 heavy (non-hydrogen) atoms. The fourth-order valence-electron chi connectivity index (χ4n) is 1.06. The maximum absolute atomic E-state index is 11.2. The lowest BCUT2D eigenvalue weighted by molar-refractivity contribution is -0.145. The van der Waals surface area contributed by atoms with Gasteiger partial charge in [0.05, 0.1) is 25.2 Å². The zero-order valence-electron chi connectivity index (χ0n) is 8.70. The van der Waals surface area contributed by atoms with Gasteiger partial charge in [-0.1, -0.05) is 13.8 Å². The lowest BCUT2D eigenvalue weighted by Gasteiger charge is -2.23. The van der Waals surface area contributed by atoms with Crippen LogP contribution < -0.4 is 0 Å². The fraction of sp³-hybridized carbons (Fsp3) is 0.700. The number of hydrogen-bond donors (Lipinski definition) is 0. The first-order valence-electron chi connectivity index (χ1n) is 4.42. The Labute approximate surface area is 84.1 Å². The quantitative estimate of drug-likeness (QED) is 0.637. The average Bonchev–Trinajstić information content (AvgIpc) is 2.04. The van der Waals surface area contributed by atoms with Crippen molar-refractivity contribution in [1.29, 1.82) is 10.5 Å². The Morgan fingerprint density at radius 3 is 2.29 bits per heavy atom. The van der Waals surface area contributed by atoms with Gasteiger partial charge in [0.2, 0.25) is 0 Å². The summed E-state index contributed by atoms with van der Waals surface area (Å²) in [4.78, 5) is 11.2. The zero-order valence-corrected chi connectivity index (χ0v) is 8.70. The fourth-order valence-corrected chi connectivity index (χ4v) is 1.06. The normalized spacial score (nSPS) is 10.4. The van der Waals surface area contributed by atoms with Crippen molar-refractivity contribution in [3.63, 3.8) is 0 Å². The van der Waals surface area contributed by atoms with Crippen LogP contribution in [0.15, 0.2) is 0 Å². The van der Waals surface area contributed by atoms with E-state index in [0.717, 1.165) is 0 Å². The molecule has 0 aliphatic carbocycles. The van der Waals surface area contributed by atoms with Gasteiger partial charge in [-0.2, -0.15) is 10.5 Å². The standard InChI is InChI=1S/C10H14N2O2/c1-4-14-9(13)5-10(2,3)8(6-11)7-12/h8H,4-5H2,1-3H3. The lowest BCUT2D eigenvalue weighted by atomic mass is 9.78. The number of ether oxygens (including phenoxy) is 1. The molecule has 4 heteroatoms. The van der Waals surface area contributed by atoms with Crippen LogP contribution in [0.25, 0.3) is 0 Å². The van der Waals surface area contributed by atoms with Gasteiger partial charge in [-0.3, -0.25) is 4.79 Å². The van der Waals surface area contributed by atoms with Gasteiger partial charge < -0.3 is 4.74 Å². The molecule has 0 aromatic rings. The summed E-state index contributed by atoms with van der Waals surface area (Å²) >= 11 is 0. The van der Waals surface area contributed by atoms with E-state index in [1.54, 1.807) is 20.8 Å². The van der Waals surface area contributed by atoms with Crippen LogP contribution in [0.3, 0.4) is 0 Å². The Hall–Kier alpha value is -1.55. The van der Waals surface area contributed by atoms with Crippen LogP contribution in [0.4, 0.5) is 0 Å². The maximum atomic E-state index is 11.2. The second kappa shape index (κ2) is 5.24. The van der Waals surface area contributed by atoms with Crippen LogP contribution in [0, 0.1) is 34.0 Å². The summed E-state index contributed by atoms with van der Waals surface area (Å²) < 4.78 is 4.76. The molecule has 0 saturated carbocycles. The molecule has 0 atom stereocenters. The molecule has 76 valence electrons. The smallest absolute Gasteiger partial charge is 0.306 e. The Morgan fingerprint density at radius 2 is 1.93 bits per heavy atom. The molecule has 0 rings (SSSR count). The molecule has 0 bridgehead atoms. The highest BCUT2D eigenvalue weighted by Crippen LogP contribution is 2.30. The third kappa shape index (κ3) is 3.45. The molecule has 0 N–H and O–H groups in total. The first-order valence-corrected chi connectivity index (χ1v) is 4.42. The molecule has 0 unspecified atom stereocenters. The average molecular weight is 194 g/mol. The van der Waals surface area contributed by atoms with E-state index in [9.17, 15) is 4.79 Å². The second-order valence-electron chi connectivity index (χ2n) is 3.66. The minimum Gasteiger partial charge on any atom is -0.466 e. The van der Waals surface area contributed by atoms with E-state index in [0.29, 0.717) is 6.61 Å². The molecule has 0 radical (unpaired) electrons. The van der Waals surface area contributed by atoms with E-state index in [-0.39, 0.29) is 12.4 Å². The van der Waals surface area contributed by atoms with Crippen molar-refractivity contribution in [2.45, 2.75) is 27.2 Å². The van der Waals surface area contributed by atoms with Crippen molar-refractivity contribution < 1.29 is 9.53 Å². The number of nitrogens with zero attached hydrogens (tertiary/aromatic N) is 2. The first kappa shape index (κ1) is 12.4. The van der Waals surface area contributed by atoms with Gasteiger partial charge in [-0.05, 0) is 6.92 Å². The molecular formula is C10H14N2O2. The van der Waals surface area contributed by atoms with Gasteiger partial charge >= 0.3 is 5.97 Å². The Kier molecular flexibility index (Phi) is 4.66. The summed E-state index contributed by atoms with van der Waals surface area (Å²) in [6, 6.07) is 3.74. The predicted molar refractivity (Wildman–Crippen MR) is 49.7 cm³/mol. The minimum atomic E-state index is -0.785. The maximum Gasteiger partial charge on any atom is 0.306 e. The highest BCUT2D eigenvalue weighted by atomic mass is 16.5. The third-order valence-corrected chi connectivity index (χ3v) is 1.94. The van der Waals surface area contributed by atoms with Crippen molar-refractivity contribution in [2.24, 2.45) is 11.3 Å². The van der Waals surface area contributed by atoms with Gasteiger partial charge in [-0.25, -0.2) is 0 Å². The molecule has 0 spiro atoms. The second-order valence-corrected chi connectivity index (χ2v) is 3.66. The zero-order chi connectivity index (χ0) is 11.2. The van der Waals surface area contributed by atoms with Gasteiger partial charge in [0.1, 0.15) is 5.92 Å². The molecule has 0 aromatic heterocycles. The number of hydrogen-bond acceptors (Lipinski definition) is 4. The molecule has 0 saturated heterocycles. The molecule has 0 aromatic carbocycles. The highest BCUT2D eigenvalue weighted by Gasteiger charge is 2.32. The monoisotopic (exact) mass is 194 g/mol. The molecule has 0 fully saturated rings. The van der Waals surface area contributed by atoms with Crippen LogP contribution >= 0.6 is 0 Å². The van der Waals surface area contributed by atoms with Crippen molar-refractivity contribution in [3.8, 4) is 12.1 Å². The summed E-state index contributed by atoms with van der Waals surface area (Å²) in [6.07, 6.45) is 0.0899. The van der Waals surface area contributed by atoms with Gasteiger partial charge in [0, 0.05) is 5.41 Å². The third-order valence-electron chi connectivity index (χ3n) is 1.94. The van der Waals surface area contributed by atoms with Crippen molar-refractivity contribution in [1.82, 2.24) is 0 Å². The number of nitriles is 2. The lowest BCUT2D eigenvalue weighted by Crippen LogP contribution is -2.26. The minimum absolute atomic E-state index is 0.0899. The van der Waals surface area contributed by atoms with Crippen LogP contribution in [0.2, 0.25) is 0 Å². The molecule has 0 aliphatic rings. The summed E-state index contributed by atoms with van der Waals surface area (Å²) in [5, 5.41) is 17.4. The summed E-state index contributed by atoms with van der Waals surface area (Å²) in [5.41, 5.74) is -0.657. The number of esters is 1. The van der Waals surface area contributed by atoms with Crippen molar-refractivity contribution >= 4 is 5.97 Å². The summed E-state index contributed by atoms with van der Waals surface area (Å²) in [7, 11) is 0. The van der Waals surface area contributed by atoms with Crippen molar-refractivity contribution in [3.05, 3.63) is 0 Å². The molecular weight excluding hydrogens is 180 g/mol. The number of rotatable bonds is 4. The van der Waals surface area contributed by atoms with E-state index in [1.165, 1.54) is 0 Å².